The van der Waals surface area contributed by atoms with Gasteiger partial charge in [-0.15, -0.1) is 0 Å². The van der Waals surface area contributed by atoms with Gasteiger partial charge in [-0.1, -0.05) is 77.4 Å². The molecule has 0 aromatic carbocycles. The Hall–Kier alpha value is 0.774. The topological polar surface area (TPSA) is 23.1 Å². The fourth-order valence-electron chi connectivity index (χ4n) is 1.87. The zero-order valence-corrected chi connectivity index (χ0v) is 12.3. The minimum absolute atomic E-state index is 0. The second-order valence-electron chi connectivity index (χ2n) is 4.49. The quantitative estimate of drug-likeness (QED) is 0.527. The van der Waals surface area contributed by atoms with E-state index in [1.54, 1.807) is 0 Å². The molecule has 0 rings (SSSR count). The van der Waals surface area contributed by atoms with Gasteiger partial charge in [0.25, 0.3) is 0 Å². The largest absolute Gasteiger partial charge is 1.00 e. The van der Waals surface area contributed by atoms with Crippen molar-refractivity contribution < 1.29 is 23.7 Å². The molecule has 0 saturated carbocycles. The first-order valence-corrected chi connectivity index (χ1v) is 8.92. The van der Waals surface area contributed by atoms with Gasteiger partial charge in [0.1, 0.15) is 0 Å². The summed E-state index contributed by atoms with van der Waals surface area (Å²) in [7, 11) is -2.06. The molecule has 86 valence electrons. The van der Waals surface area contributed by atoms with Crippen LogP contribution in [0.1, 0.15) is 59.3 Å². The molecule has 0 fully saturated rings. The SMILES string of the molecule is CCCC[Si]([O-])(CCCC)CCCC.[Li+]. The van der Waals surface area contributed by atoms with Crippen molar-refractivity contribution in [2.75, 3.05) is 0 Å². The summed E-state index contributed by atoms with van der Waals surface area (Å²) in [6.07, 6.45) is 7.08. The Labute approximate surface area is 109 Å². The summed E-state index contributed by atoms with van der Waals surface area (Å²) in [5, 5.41) is 0. The molecule has 0 aliphatic heterocycles. The summed E-state index contributed by atoms with van der Waals surface area (Å²) in [6, 6.07) is 3.09. The van der Waals surface area contributed by atoms with Crippen LogP contribution in [0.2, 0.25) is 18.1 Å². The summed E-state index contributed by atoms with van der Waals surface area (Å²) >= 11 is 0. The van der Waals surface area contributed by atoms with Crippen molar-refractivity contribution in [3.63, 3.8) is 0 Å². The summed E-state index contributed by atoms with van der Waals surface area (Å²) in [6.45, 7) is 6.57. The van der Waals surface area contributed by atoms with E-state index in [1.165, 1.54) is 38.5 Å². The molecule has 15 heavy (non-hydrogen) atoms. The molecule has 0 N–H and O–H groups in total. The van der Waals surface area contributed by atoms with E-state index in [9.17, 15) is 4.80 Å². The van der Waals surface area contributed by atoms with Gasteiger partial charge < -0.3 is 4.80 Å². The van der Waals surface area contributed by atoms with Gasteiger partial charge in [0.05, 0.1) is 0 Å². The zero-order chi connectivity index (χ0) is 10.9. The molecular weight excluding hydrogens is 195 g/mol. The predicted octanol–water partition coefficient (Wildman–Crippen LogP) is 0.697. The molecule has 0 unspecified atom stereocenters. The first-order chi connectivity index (χ1) is 6.68. The van der Waals surface area contributed by atoms with Crippen LogP contribution in [-0.2, 0) is 0 Å². The molecule has 0 radical (unpaired) electrons. The van der Waals surface area contributed by atoms with Crippen molar-refractivity contribution in [2.24, 2.45) is 0 Å². The fourth-order valence-corrected chi connectivity index (χ4v) is 5.62. The number of rotatable bonds is 9. The van der Waals surface area contributed by atoms with Crippen LogP contribution in [-0.4, -0.2) is 8.32 Å². The maximum Gasteiger partial charge on any atom is 1.00 e. The Balaban J connectivity index is 0. The summed E-state index contributed by atoms with van der Waals surface area (Å²) in [4.78, 5) is 12.5. The summed E-state index contributed by atoms with van der Waals surface area (Å²) in [5.74, 6) is 0. The monoisotopic (exact) mass is 222 g/mol. The second-order valence-corrected chi connectivity index (χ2v) is 8.36. The Morgan fingerprint density at radius 1 is 0.733 bits per heavy atom. The van der Waals surface area contributed by atoms with Crippen LogP contribution in [0.5, 0.6) is 0 Å². The van der Waals surface area contributed by atoms with Crippen LogP contribution in [0.25, 0.3) is 0 Å². The van der Waals surface area contributed by atoms with Crippen molar-refractivity contribution in [2.45, 2.75) is 77.4 Å². The van der Waals surface area contributed by atoms with Crippen molar-refractivity contribution >= 4 is 8.32 Å². The van der Waals surface area contributed by atoms with E-state index >= 15 is 0 Å². The normalized spacial score (nSPS) is 11.2. The standard InChI is InChI=1S/C12H27OSi.Li/c1-4-7-10-14(13,11-8-5-2)12-9-6-3;/h4-12H2,1-3H3;/q-1;+1. The van der Waals surface area contributed by atoms with Crippen LogP contribution < -0.4 is 23.7 Å². The Kier molecular flexibility index (Phi) is 13.6. The first kappa shape index (κ1) is 18.1. The molecule has 0 spiro atoms. The van der Waals surface area contributed by atoms with Crippen molar-refractivity contribution in [1.82, 2.24) is 0 Å². The Morgan fingerprint density at radius 2 is 1.00 bits per heavy atom. The van der Waals surface area contributed by atoms with Gasteiger partial charge in [0, 0.05) is 0 Å². The molecule has 0 aliphatic carbocycles. The Bertz CT molecular complexity index is 109. The van der Waals surface area contributed by atoms with Gasteiger partial charge in [-0.25, -0.2) is 0 Å². The molecule has 0 saturated heterocycles. The number of hydrogen-bond donors (Lipinski definition) is 0. The third-order valence-corrected chi connectivity index (χ3v) is 6.75. The first-order valence-electron chi connectivity index (χ1n) is 6.39. The number of hydrogen-bond acceptors (Lipinski definition) is 1. The maximum atomic E-state index is 12.5. The smallest absolute Gasteiger partial charge is 0.858 e. The van der Waals surface area contributed by atoms with Gasteiger partial charge >= 0.3 is 18.9 Å². The fraction of sp³-hybridized carbons (Fsp3) is 1.00. The van der Waals surface area contributed by atoms with E-state index in [2.05, 4.69) is 20.8 Å². The average Bonchev–Trinajstić information content (AvgIpc) is 2.21. The molecule has 0 amide bonds. The van der Waals surface area contributed by atoms with E-state index in [1.807, 2.05) is 0 Å². The third-order valence-electron chi connectivity index (χ3n) is 2.96. The van der Waals surface area contributed by atoms with Crippen LogP contribution in [0.3, 0.4) is 0 Å². The van der Waals surface area contributed by atoms with Crippen LogP contribution in [0.15, 0.2) is 0 Å². The number of unbranched alkanes of at least 4 members (excludes halogenated alkanes) is 3. The summed E-state index contributed by atoms with van der Waals surface area (Å²) in [5.41, 5.74) is 0. The molecule has 0 aromatic heterocycles. The molecule has 3 heteroatoms. The van der Waals surface area contributed by atoms with E-state index in [-0.39, 0.29) is 18.9 Å². The minimum atomic E-state index is -2.06. The van der Waals surface area contributed by atoms with Gasteiger partial charge in [-0.2, -0.15) is 0 Å². The molecule has 0 aromatic rings. The molecule has 0 atom stereocenters. The van der Waals surface area contributed by atoms with Crippen LogP contribution >= 0.6 is 0 Å². The zero-order valence-electron chi connectivity index (χ0n) is 11.3. The van der Waals surface area contributed by atoms with Gasteiger partial charge in [-0.05, 0) is 8.32 Å². The van der Waals surface area contributed by atoms with Crippen molar-refractivity contribution in [3.05, 3.63) is 0 Å². The molecule has 0 aliphatic rings. The maximum absolute atomic E-state index is 12.5. The Morgan fingerprint density at radius 3 is 1.20 bits per heavy atom. The van der Waals surface area contributed by atoms with Crippen molar-refractivity contribution in [3.8, 4) is 0 Å². The second kappa shape index (κ2) is 11.3. The van der Waals surface area contributed by atoms with Crippen molar-refractivity contribution in [1.29, 1.82) is 0 Å². The predicted molar refractivity (Wildman–Crippen MR) is 64.9 cm³/mol. The van der Waals surface area contributed by atoms with Gasteiger partial charge in [0.2, 0.25) is 0 Å². The molecule has 0 bridgehead atoms. The van der Waals surface area contributed by atoms with E-state index < -0.39 is 8.32 Å². The third kappa shape index (κ3) is 9.69. The van der Waals surface area contributed by atoms with E-state index in [4.69, 9.17) is 0 Å². The van der Waals surface area contributed by atoms with E-state index in [0.29, 0.717) is 0 Å². The van der Waals surface area contributed by atoms with Gasteiger partial charge in [-0.3, -0.25) is 0 Å². The molecule has 1 nitrogen and oxygen atoms in total. The van der Waals surface area contributed by atoms with E-state index in [0.717, 1.165) is 18.1 Å². The van der Waals surface area contributed by atoms with Gasteiger partial charge in [0.15, 0.2) is 0 Å². The average molecular weight is 222 g/mol. The van der Waals surface area contributed by atoms with Crippen LogP contribution in [0, 0.1) is 0 Å². The minimum Gasteiger partial charge on any atom is -0.858 e. The summed E-state index contributed by atoms with van der Waals surface area (Å²) < 4.78 is 0. The molecule has 0 heterocycles. The molecular formula is C12H27LiOSi. The van der Waals surface area contributed by atoms with Crippen LogP contribution in [0.4, 0.5) is 0 Å².